The predicted molar refractivity (Wildman–Crippen MR) is 389 cm³/mol. The average molecular weight is 1370 g/mol. The molecule has 0 rings (SSSR count). The van der Waals surface area contributed by atoms with E-state index >= 15 is 0 Å². The molecule has 95 heavy (non-hydrogen) atoms. The van der Waals surface area contributed by atoms with Crippen molar-refractivity contribution in [1.82, 2.24) is 0 Å². The van der Waals surface area contributed by atoms with E-state index in [0.29, 0.717) is 19.3 Å². The van der Waals surface area contributed by atoms with Gasteiger partial charge in [-0.1, -0.05) is 242 Å². The van der Waals surface area contributed by atoms with Crippen LogP contribution < -0.4 is 0 Å². The van der Waals surface area contributed by atoms with Crippen LogP contribution in [0.15, 0.2) is 170 Å². The minimum absolute atomic E-state index is 0.0706. The molecule has 0 aromatic heterocycles. The molecule has 0 aliphatic carbocycles. The van der Waals surface area contributed by atoms with E-state index in [0.717, 1.165) is 180 Å². The van der Waals surface area contributed by atoms with Gasteiger partial charge in [0, 0.05) is 19.3 Å². The van der Waals surface area contributed by atoms with Crippen molar-refractivity contribution in [2.75, 3.05) is 39.6 Å². The number of aliphatic hydroxyl groups excluding tert-OH is 2. The normalized spacial score (nSPS) is 15.1. The number of allylic oxidation sites excluding steroid dienone is 28. The molecule has 0 aromatic rings. The minimum atomic E-state index is -4.95. The van der Waals surface area contributed by atoms with Gasteiger partial charge in [-0.25, -0.2) is 9.13 Å². The van der Waals surface area contributed by atoms with Crippen molar-refractivity contribution in [3.63, 3.8) is 0 Å². The van der Waals surface area contributed by atoms with E-state index in [1.807, 2.05) is 0 Å². The molecule has 0 spiro atoms. The Kier molecular flexibility index (Phi) is 65.1. The van der Waals surface area contributed by atoms with Crippen LogP contribution in [-0.4, -0.2) is 95.9 Å². The highest BCUT2D eigenvalue weighted by Gasteiger charge is 2.29. The van der Waals surface area contributed by atoms with Crippen LogP contribution in [-0.2, 0) is 55.8 Å². The first-order chi connectivity index (χ1) is 46.2. The van der Waals surface area contributed by atoms with E-state index in [-0.39, 0.29) is 19.3 Å². The lowest BCUT2D eigenvalue weighted by atomic mass is 10.1. The van der Waals surface area contributed by atoms with Crippen molar-refractivity contribution in [2.45, 2.75) is 257 Å². The molecule has 16 nitrogen and oxygen atoms in total. The molecule has 0 bridgehead atoms. The highest BCUT2D eigenvalue weighted by Crippen LogP contribution is 2.45. The second-order valence-corrected chi connectivity index (χ2v) is 25.8. The molecule has 18 heteroatoms. The molecular weight excluding hydrogens is 1240 g/mol. The van der Waals surface area contributed by atoms with Crippen LogP contribution in [0.4, 0.5) is 0 Å². The Morgan fingerprint density at radius 3 is 0.842 bits per heavy atom. The summed E-state index contributed by atoms with van der Waals surface area (Å²) in [6.07, 6.45) is 85.4. The highest BCUT2D eigenvalue weighted by molar-refractivity contribution is 7.47. The summed E-state index contributed by atoms with van der Waals surface area (Å²) in [7, 11) is -9.81. The fraction of sp³-hybridized carbons (Fsp3) is 0.597. The van der Waals surface area contributed by atoms with Gasteiger partial charge in [-0.15, -0.1) is 0 Å². The first kappa shape index (κ1) is 89.9. The number of esters is 3. The number of phosphoric ester groups is 2. The molecule has 538 valence electrons. The lowest BCUT2D eigenvalue weighted by Gasteiger charge is -2.21. The maximum atomic E-state index is 12.9. The topological polar surface area (TPSA) is 231 Å². The van der Waals surface area contributed by atoms with Crippen LogP contribution in [0.25, 0.3) is 0 Å². The summed E-state index contributed by atoms with van der Waals surface area (Å²) in [6.45, 7) is 2.22. The summed E-state index contributed by atoms with van der Waals surface area (Å²) in [5.74, 6) is -1.66. The van der Waals surface area contributed by atoms with E-state index in [1.54, 1.807) is 0 Å². The third-order valence-corrected chi connectivity index (χ3v) is 15.8. The Hall–Kier alpha value is -5.09. The van der Waals surface area contributed by atoms with E-state index in [4.69, 9.17) is 32.3 Å². The Morgan fingerprint density at radius 1 is 0.295 bits per heavy atom. The van der Waals surface area contributed by atoms with Gasteiger partial charge in [0.25, 0.3) is 0 Å². The largest absolute Gasteiger partial charge is 0.472 e. The minimum Gasteiger partial charge on any atom is -0.463 e. The molecule has 0 fully saturated rings. The molecule has 0 aromatic carbocycles. The van der Waals surface area contributed by atoms with Crippen molar-refractivity contribution < 1.29 is 75.8 Å². The van der Waals surface area contributed by atoms with Crippen molar-refractivity contribution in [3.8, 4) is 0 Å². The van der Waals surface area contributed by atoms with Gasteiger partial charge in [0.15, 0.2) is 6.10 Å². The number of hydrogen-bond acceptors (Lipinski definition) is 14. The van der Waals surface area contributed by atoms with E-state index in [2.05, 4.69) is 191 Å². The Labute approximate surface area is 573 Å². The molecule has 0 radical (unpaired) electrons. The monoisotopic (exact) mass is 1370 g/mol. The van der Waals surface area contributed by atoms with E-state index in [1.165, 1.54) is 0 Å². The molecule has 0 aliphatic heterocycles. The van der Waals surface area contributed by atoms with Crippen molar-refractivity contribution in [1.29, 1.82) is 0 Å². The van der Waals surface area contributed by atoms with Crippen LogP contribution in [0.3, 0.4) is 0 Å². The predicted octanol–water partition coefficient (Wildman–Crippen LogP) is 20.1. The maximum absolute atomic E-state index is 12.9. The van der Waals surface area contributed by atoms with Crippen LogP contribution in [0.2, 0.25) is 0 Å². The van der Waals surface area contributed by atoms with Crippen molar-refractivity contribution in [2.24, 2.45) is 0 Å². The molecule has 4 N–H and O–H groups in total. The maximum Gasteiger partial charge on any atom is 0.472 e. The lowest BCUT2D eigenvalue weighted by molar-refractivity contribution is -0.161. The number of carbonyl (C=O) groups is 3. The van der Waals surface area contributed by atoms with E-state index in [9.17, 15) is 43.5 Å². The van der Waals surface area contributed by atoms with Gasteiger partial charge in [0.2, 0.25) is 0 Å². The second kappa shape index (κ2) is 68.8. The second-order valence-electron chi connectivity index (χ2n) is 22.9. The van der Waals surface area contributed by atoms with Crippen LogP contribution >= 0.6 is 15.6 Å². The Morgan fingerprint density at radius 2 is 0.526 bits per heavy atom. The molecule has 5 unspecified atom stereocenters. The zero-order valence-electron chi connectivity index (χ0n) is 58.3. The molecule has 0 saturated carbocycles. The van der Waals surface area contributed by atoms with Gasteiger partial charge in [0.1, 0.15) is 25.4 Å². The zero-order valence-corrected chi connectivity index (χ0v) is 60.1. The fourth-order valence-electron chi connectivity index (χ4n) is 8.61. The van der Waals surface area contributed by atoms with Crippen LogP contribution in [0.5, 0.6) is 0 Å². The van der Waals surface area contributed by atoms with Crippen LogP contribution in [0.1, 0.15) is 239 Å². The van der Waals surface area contributed by atoms with Gasteiger partial charge in [-0.2, -0.15) is 0 Å². The summed E-state index contributed by atoms with van der Waals surface area (Å²) < 4.78 is 60.9. The number of phosphoric acid groups is 2. The number of aliphatic hydroxyl groups is 2. The van der Waals surface area contributed by atoms with Gasteiger partial charge in [-0.05, 0) is 148 Å². The summed E-state index contributed by atoms with van der Waals surface area (Å²) in [4.78, 5) is 58.5. The van der Waals surface area contributed by atoms with Gasteiger partial charge < -0.3 is 34.2 Å². The molecule has 0 heterocycles. The first-order valence-corrected chi connectivity index (χ1v) is 38.4. The number of ether oxygens (including phenoxy) is 3. The first-order valence-electron chi connectivity index (χ1n) is 35.4. The molecule has 0 aliphatic rings. The number of hydrogen-bond donors (Lipinski definition) is 4. The summed E-state index contributed by atoms with van der Waals surface area (Å²) >= 11 is 0. The SMILES string of the molecule is CC/C=C\C/C=C\C/C=C\C/C=C\C/C=C\C/C=C\CCCCCCCCC(=O)OCC(O)COP(=O)(O)OCC(O)COP(=O)(O)OCC(COC(=O)CCCCC/C=C\C/C=C\C/C=C\C/C=C\C/C=C\CC)OC(=O)CCCCCCC/C=C\C/C=C\C/C=C\CC. The van der Waals surface area contributed by atoms with Crippen LogP contribution in [0, 0.1) is 0 Å². The Bertz CT molecular complexity index is 2410. The van der Waals surface area contributed by atoms with Gasteiger partial charge in [-0.3, -0.25) is 32.5 Å². The van der Waals surface area contributed by atoms with E-state index < -0.39 is 91.5 Å². The smallest absolute Gasteiger partial charge is 0.463 e. The summed E-state index contributed by atoms with van der Waals surface area (Å²) in [5, 5.41) is 20.6. The third kappa shape index (κ3) is 70.1. The molecule has 5 atom stereocenters. The van der Waals surface area contributed by atoms with Gasteiger partial charge >= 0.3 is 33.6 Å². The summed E-state index contributed by atoms with van der Waals surface area (Å²) in [6, 6.07) is 0. The Balaban J connectivity index is 4.68. The number of carbonyl (C=O) groups excluding carboxylic acids is 3. The third-order valence-electron chi connectivity index (χ3n) is 13.9. The summed E-state index contributed by atoms with van der Waals surface area (Å²) in [5.41, 5.74) is 0. The molecular formula is C77H124O16P2. The highest BCUT2D eigenvalue weighted by atomic mass is 31.2. The average Bonchev–Trinajstić information content (AvgIpc) is 2.24. The fourth-order valence-corrected chi connectivity index (χ4v) is 10.2. The quantitative estimate of drug-likeness (QED) is 0.0146. The zero-order chi connectivity index (χ0) is 69.5. The molecule has 0 amide bonds. The van der Waals surface area contributed by atoms with Gasteiger partial charge in [0.05, 0.1) is 26.4 Å². The standard InChI is InChI=1S/C77H124O16P2/c1-4-7-10-13-16-19-22-25-28-30-32-33-34-35-36-37-39-41-43-45-48-51-54-57-60-63-75(80)87-66-72(78)67-89-94(83,84)90-68-73(79)69-91-95(85,86)92-71-74(93-77(82)65-62-59-56-53-50-47-42-27-24-21-18-15-12-9-6-3)70-88-76(81)64-61-58-55-52-49-46-44-40-38-31-29-26-23-20-17-14-11-8-5-2/h7-12,16-21,25-29,32-33,35-36,38-42,46,49,72-74,78-79H,4-6,13-15,22-24,30-31,34,37,43-45,47-48,50-71H2,1-3H3,(H,83,84)(H,85,86)/b10-7-,11-8-,12-9-,19-16-,20-17-,21-18-,28-25-,29-26-,33-32-,36-35-,40-38-,41-39-,42-27-,49-46-. The lowest BCUT2D eigenvalue weighted by Crippen LogP contribution is -2.30. The number of unbranched alkanes of at least 4 members (excludes halogenated alkanes) is 14. The number of rotatable bonds is 65. The van der Waals surface area contributed by atoms with Crippen molar-refractivity contribution >= 4 is 33.6 Å². The van der Waals surface area contributed by atoms with Crippen molar-refractivity contribution in [3.05, 3.63) is 170 Å². The molecule has 0 saturated heterocycles.